The molecule has 0 bridgehead atoms. The Labute approximate surface area is 93.7 Å². The molecule has 80 valence electrons. The highest BCUT2D eigenvalue weighted by atomic mass is 16.5. The van der Waals surface area contributed by atoms with Gasteiger partial charge in [-0.25, -0.2) is 0 Å². The number of ketones is 1. The number of hydrogen-bond acceptors (Lipinski definition) is 3. The second kappa shape index (κ2) is 5.07. The van der Waals surface area contributed by atoms with E-state index in [1.54, 1.807) is 18.3 Å². The van der Waals surface area contributed by atoms with Crippen LogP contribution < -0.4 is 4.74 Å². The van der Waals surface area contributed by atoms with Crippen molar-refractivity contribution >= 4 is 5.78 Å². The highest BCUT2D eigenvalue weighted by Crippen LogP contribution is 2.09. The number of hydrogen-bond donors (Lipinski definition) is 0. The highest BCUT2D eigenvalue weighted by molar-refractivity contribution is 5.96. The van der Waals surface area contributed by atoms with E-state index in [1.807, 2.05) is 30.3 Å². The van der Waals surface area contributed by atoms with Gasteiger partial charge in [0.15, 0.2) is 6.61 Å². The Morgan fingerprint density at radius 3 is 2.62 bits per heavy atom. The third-order valence-corrected chi connectivity index (χ3v) is 2.10. The number of carbonyl (C=O) groups excluding carboxylic acids is 1. The van der Waals surface area contributed by atoms with Gasteiger partial charge in [0.2, 0.25) is 5.78 Å². The van der Waals surface area contributed by atoms with Crippen LogP contribution >= 0.6 is 0 Å². The van der Waals surface area contributed by atoms with Gasteiger partial charge in [-0.3, -0.25) is 9.78 Å². The molecule has 2 rings (SSSR count). The van der Waals surface area contributed by atoms with Crippen LogP contribution in [0.15, 0.2) is 54.9 Å². The molecule has 0 spiro atoms. The van der Waals surface area contributed by atoms with Crippen LogP contribution in [0.5, 0.6) is 5.75 Å². The summed E-state index contributed by atoms with van der Waals surface area (Å²) in [7, 11) is 0. The van der Waals surface area contributed by atoms with Crippen molar-refractivity contribution in [2.24, 2.45) is 0 Å². The molecule has 0 saturated heterocycles. The zero-order valence-electron chi connectivity index (χ0n) is 8.67. The largest absolute Gasteiger partial charge is 0.485 e. The second-order valence-electron chi connectivity index (χ2n) is 3.27. The molecular formula is C13H11NO2. The van der Waals surface area contributed by atoms with E-state index in [0.717, 1.165) is 0 Å². The molecule has 0 aliphatic rings. The summed E-state index contributed by atoms with van der Waals surface area (Å²) in [6, 6.07) is 12.7. The SMILES string of the molecule is O=C(COc1ccccc1)c1cccnc1. The Hall–Kier alpha value is -2.16. The molecule has 1 aromatic heterocycles. The van der Waals surface area contributed by atoms with Crippen molar-refractivity contribution < 1.29 is 9.53 Å². The van der Waals surface area contributed by atoms with E-state index < -0.39 is 0 Å². The maximum atomic E-state index is 11.7. The van der Waals surface area contributed by atoms with E-state index in [-0.39, 0.29) is 12.4 Å². The van der Waals surface area contributed by atoms with Gasteiger partial charge >= 0.3 is 0 Å². The van der Waals surface area contributed by atoms with Gasteiger partial charge in [0, 0.05) is 18.0 Å². The molecule has 3 nitrogen and oxygen atoms in total. The molecule has 0 saturated carbocycles. The number of Topliss-reactive ketones (excluding diaryl/α,β-unsaturated/α-hetero) is 1. The Bertz CT molecular complexity index is 454. The van der Waals surface area contributed by atoms with Crippen molar-refractivity contribution in [1.29, 1.82) is 0 Å². The topological polar surface area (TPSA) is 39.2 Å². The van der Waals surface area contributed by atoms with Crippen molar-refractivity contribution in [3.05, 3.63) is 60.4 Å². The van der Waals surface area contributed by atoms with Crippen molar-refractivity contribution in [2.45, 2.75) is 0 Å². The van der Waals surface area contributed by atoms with Crippen LogP contribution in [0.1, 0.15) is 10.4 Å². The summed E-state index contributed by atoms with van der Waals surface area (Å²) in [5, 5.41) is 0. The first-order chi connectivity index (χ1) is 7.86. The molecular weight excluding hydrogens is 202 g/mol. The van der Waals surface area contributed by atoms with Gasteiger partial charge in [-0.2, -0.15) is 0 Å². The minimum Gasteiger partial charge on any atom is -0.485 e. The Morgan fingerprint density at radius 1 is 1.12 bits per heavy atom. The molecule has 1 aromatic carbocycles. The number of benzene rings is 1. The van der Waals surface area contributed by atoms with Gasteiger partial charge in [0.25, 0.3) is 0 Å². The minimum absolute atomic E-state index is 0.0374. The van der Waals surface area contributed by atoms with Crippen molar-refractivity contribution in [2.75, 3.05) is 6.61 Å². The van der Waals surface area contributed by atoms with E-state index in [0.29, 0.717) is 11.3 Å². The summed E-state index contributed by atoms with van der Waals surface area (Å²) in [5.74, 6) is 0.622. The summed E-state index contributed by atoms with van der Waals surface area (Å²) in [5.41, 5.74) is 0.568. The smallest absolute Gasteiger partial charge is 0.201 e. The Morgan fingerprint density at radius 2 is 1.94 bits per heavy atom. The van der Waals surface area contributed by atoms with Crippen LogP contribution in [-0.2, 0) is 0 Å². The maximum absolute atomic E-state index is 11.7. The van der Waals surface area contributed by atoms with Crippen molar-refractivity contribution in [1.82, 2.24) is 4.98 Å². The number of para-hydroxylation sites is 1. The van der Waals surface area contributed by atoms with Gasteiger partial charge < -0.3 is 4.74 Å². The van der Waals surface area contributed by atoms with E-state index in [4.69, 9.17) is 4.74 Å². The first kappa shape index (κ1) is 10.4. The third-order valence-electron chi connectivity index (χ3n) is 2.10. The van der Waals surface area contributed by atoms with Gasteiger partial charge in [-0.15, -0.1) is 0 Å². The zero-order valence-corrected chi connectivity index (χ0v) is 8.67. The van der Waals surface area contributed by atoms with Crippen LogP contribution in [0.3, 0.4) is 0 Å². The average Bonchev–Trinajstić information content (AvgIpc) is 2.38. The molecule has 0 aliphatic carbocycles. The predicted molar refractivity (Wildman–Crippen MR) is 60.5 cm³/mol. The lowest BCUT2D eigenvalue weighted by molar-refractivity contribution is 0.0921. The minimum atomic E-state index is -0.0723. The first-order valence-corrected chi connectivity index (χ1v) is 4.97. The van der Waals surface area contributed by atoms with E-state index in [1.165, 1.54) is 6.20 Å². The fourth-order valence-corrected chi connectivity index (χ4v) is 1.28. The van der Waals surface area contributed by atoms with E-state index in [2.05, 4.69) is 4.98 Å². The van der Waals surface area contributed by atoms with Gasteiger partial charge in [0.1, 0.15) is 5.75 Å². The molecule has 0 amide bonds. The summed E-state index contributed by atoms with van der Waals surface area (Å²) in [4.78, 5) is 15.5. The second-order valence-corrected chi connectivity index (χ2v) is 3.27. The molecule has 0 atom stereocenters. The molecule has 0 fully saturated rings. The quantitative estimate of drug-likeness (QED) is 0.732. The molecule has 3 heteroatoms. The Balaban J connectivity index is 1.95. The molecule has 0 unspecified atom stereocenters. The van der Waals surface area contributed by atoms with Crippen LogP contribution in [-0.4, -0.2) is 17.4 Å². The summed E-state index contributed by atoms with van der Waals surface area (Å²) in [6.07, 6.45) is 3.17. The maximum Gasteiger partial charge on any atom is 0.201 e. The lowest BCUT2D eigenvalue weighted by atomic mass is 10.2. The standard InChI is InChI=1S/C13H11NO2/c15-13(11-5-4-8-14-9-11)10-16-12-6-2-1-3-7-12/h1-9H,10H2. The number of ether oxygens (including phenoxy) is 1. The van der Waals surface area contributed by atoms with Gasteiger partial charge in [-0.1, -0.05) is 18.2 Å². The number of rotatable bonds is 4. The van der Waals surface area contributed by atoms with Gasteiger partial charge in [-0.05, 0) is 24.3 Å². The van der Waals surface area contributed by atoms with Crippen LogP contribution in [0.2, 0.25) is 0 Å². The average molecular weight is 213 g/mol. The van der Waals surface area contributed by atoms with Crippen LogP contribution in [0, 0.1) is 0 Å². The Kier molecular flexibility index (Phi) is 3.28. The molecule has 0 radical (unpaired) electrons. The van der Waals surface area contributed by atoms with E-state index in [9.17, 15) is 4.79 Å². The molecule has 0 aliphatic heterocycles. The summed E-state index contributed by atoms with van der Waals surface area (Å²) in [6.45, 7) is 0.0374. The number of pyridine rings is 1. The van der Waals surface area contributed by atoms with Gasteiger partial charge in [0.05, 0.1) is 0 Å². The highest BCUT2D eigenvalue weighted by Gasteiger charge is 2.05. The summed E-state index contributed by atoms with van der Waals surface area (Å²) >= 11 is 0. The van der Waals surface area contributed by atoms with Crippen molar-refractivity contribution in [3.63, 3.8) is 0 Å². The summed E-state index contributed by atoms with van der Waals surface area (Å²) < 4.78 is 5.34. The van der Waals surface area contributed by atoms with Crippen molar-refractivity contribution in [3.8, 4) is 5.75 Å². The zero-order chi connectivity index (χ0) is 11.2. The molecule has 0 N–H and O–H groups in total. The van der Waals surface area contributed by atoms with Crippen LogP contribution in [0.25, 0.3) is 0 Å². The first-order valence-electron chi connectivity index (χ1n) is 4.97. The normalized spacial score (nSPS) is 9.75. The fourth-order valence-electron chi connectivity index (χ4n) is 1.28. The lowest BCUT2D eigenvalue weighted by Gasteiger charge is -2.04. The number of aromatic nitrogens is 1. The molecule has 16 heavy (non-hydrogen) atoms. The monoisotopic (exact) mass is 213 g/mol. The third kappa shape index (κ3) is 2.67. The van der Waals surface area contributed by atoms with Crippen LogP contribution in [0.4, 0.5) is 0 Å². The van der Waals surface area contributed by atoms with E-state index >= 15 is 0 Å². The number of nitrogens with zero attached hydrogens (tertiary/aromatic N) is 1. The molecule has 1 heterocycles. The number of carbonyl (C=O) groups is 1. The fraction of sp³-hybridized carbons (Fsp3) is 0.0769. The predicted octanol–water partition coefficient (Wildman–Crippen LogP) is 2.34. The molecule has 2 aromatic rings. The lowest BCUT2D eigenvalue weighted by Crippen LogP contribution is -2.11.